The van der Waals surface area contributed by atoms with Crippen molar-refractivity contribution in [2.45, 2.75) is 19.2 Å². The summed E-state index contributed by atoms with van der Waals surface area (Å²) in [7, 11) is 0. The highest BCUT2D eigenvalue weighted by molar-refractivity contribution is 5.40. The Labute approximate surface area is 162 Å². The van der Waals surface area contributed by atoms with Crippen molar-refractivity contribution in [3.63, 3.8) is 0 Å². The van der Waals surface area contributed by atoms with Crippen LogP contribution in [0.4, 0.5) is 19.0 Å². The van der Waals surface area contributed by atoms with Gasteiger partial charge < -0.3 is 14.7 Å². The van der Waals surface area contributed by atoms with E-state index < -0.39 is 17.8 Å². The first-order chi connectivity index (χ1) is 13.3. The van der Waals surface area contributed by atoms with Gasteiger partial charge in [0, 0.05) is 38.9 Å². The maximum atomic E-state index is 12.6. The first-order valence-corrected chi connectivity index (χ1v) is 9.20. The minimum atomic E-state index is -4.37. The fourth-order valence-corrected chi connectivity index (χ4v) is 3.16. The van der Waals surface area contributed by atoms with E-state index in [1.54, 1.807) is 0 Å². The Bertz CT molecular complexity index is 760. The van der Waals surface area contributed by atoms with Crippen LogP contribution in [0.15, 0.2) is 42.6 Å². The zero-order chi connectivity index (χ0) is 20.1. The summed E-state index contributed by atoms with van der Waals surface area (Å²) in [5.74, 6) is 1.30. The number of ether oxygens (including phenoxy) is 1. The lowest BCUT2D eigenvalue weighted by Crippen LogP contribution is -2.49. The zero-order valence-electron chi connectivity index (χ0n) is 15.7. The molecule has 0 spiro atoms. The number of β-amino-alcohol motifs (C(OH)–C–C–N with tert-alkyl or cyclic N) is 1. The average Bonchev–Trinajstić information content (AvgIpc) is 2.67. The second-order valence-corrected chi connectivity index (χ2v) is 6.92. The number of anilines is 1. The molecule has 5 nitrogen and oxygen atoms in total. The molecular weight excluding hydrogens is 371 g/mol. The molecule has 1 aromatic heterocycles. The van der Waals surface area contributed by atoms with Crippen molar-refractivity contribution in [2.75, 3.05) is 44.2 Å². The van der Waals surface area contributed by atoms with E-state index in [4.69, 9.17) is 4.74 Å². The predicted molar refractivity (Wildman–Crippen MR) is 101 cm³/mol. The number of hydrogen-bond acceptors (Lipinski definition) is 5. The summed E-state index contributed by atoms with van der Waals surface area (Å²) in [6.45, 7) is 5.34. The molecule has 8 heteroatoms. The number of para-hydroxylation sites is 1. The predicted octanol–water partition coefficient (Wildman–Crippen LogP) is 2.97. The van der Waals surface area contributed by atoms with Crippen molar-refractivity contribution >= 4 is 5.82 Å². The highest BCUT2D eigenvalue weighted by Gasteiger charge is 2.31. The van der Waals surface area contributed by atoms with Crippen LogP contribution in [-0.2, 0) is 6.18 Å². The molecule has 1 aliphatic heterocycles. The molecule has 28 heavy (non-hydrogen) atoms. The molecule has 2 heterocycles. The van der Waals surface area contributed by atoms with Gasteiger partial charge in [-0.15, -0.1) is 0 Å². The van der Waals surface area contributed by atoms with Gasteiger partial charge in [-0.2, -0.15) is 13.2 Å². The maximum Gasteiger partial charge on any atom is 0.417 e. The summed E-state index contributed by atoms with van der Waals surface area (Å²) in [5.41, 5.74) is 0.277. The van der Waals surface area contributed by atoms with E-state index >= 15 is 0 Å². The van der Waals surface area contributed by atoms with E-state index in [0.717, 1.165) is 23.6 Å². The fraction of sp³-hybridized carbons (Fsp3) is 0.450. The van der Waals surface area contributed by atoms with Gasteiger partial charge in [0.2, 0.25) is 0 Å². The second-order valence-electron chi connectivity index (χ2n) is 6.92. The number of hydrogen-bond donors (Lipinski definition) is 1. The molecule has 2 aromatic rings. The minimum absolute atomic E-state index is 0.214. The molecular formula is C20H24F3N3O2. The molecule has 152 valence electrons. The molecule has 1 atom stereocenters. The number of aryl methyl sites for hydroxylation is 1. The van der Waals surface area contributed by atoms with E-state index in [1.165, 1.54) is 6.07 Å². The Balaban J connectivity index is 1.44. The molecule has 1 aliphatic rings. The Morgan fingerprint density at radius 1 is 1.11 bits per heavy atom. The van der Waals surface area contributed by atoms with Gasteiger partial charge in [-0.3, -0.25) is 4.90 Å². The Hall–Kier alpha value is -2.32. The van der Waals surface area contributed by atoms with Gasteiger partial charge in [0.1, 0.15) is 24.3 Å². The first kappa shape index (κ1) is 20.4. The molecule has 1 unspecified atom stereocenters. The van der Waals surface area contributed by atoms with Crippen molar-refractivity contribution < 1.29 is 23.0 Å². The first-order valence-electron chi connectivity index (χ1n) is 9.20. The van der Waals surface area contributed by atoms with Gasteiger partial charge in [-0.1, -0.05) is 18.2 Å². The molecule has 1 aromatic carbocycles. The molecule has 1 fully saturated rings. The van der Waals surface area contributed by atoms with E-state index in [1.807, 2.05) is 36.1 Å². The lowest BCUT2D eigenvalue weighted by molar-refractivity contribution is -0.137. The van der Waals surface area contributed by atoms with Crippen LogP contribution in [-0.4, -0.2) is 60.4 Å². The molecule has 3 rings (SSSR count). The van der Waals surface area contributed by atoms with Gasteiger partial charge in [-0.05, 0) is 30.7 Å². The average molecular weight is 395 g/mol. The molecule has 0 radical (unpaired) electrons. The zero-order valence-corrected chi connectivity index (χ0v) is 15.7. The number of aliphatic hydroxyl groups is 1. The number of alkyl halides is 3. The number of piperazine rings is 1. The number of rotatable bonds is 6. The standard InChI is InChI=1S/C20H24F3N3O2/c1-15-4-2-3-5-18(15)28-14-17(27)13-25-8-10-26(11-9-25)19-7-6-16(12-24-19)20(21,22)23/h2-7,12,17,27H,8-11,13-14H2,1H3. The van der Waals surface area contributed by atoms with Crippen molar-refractivity contribution in [1.82, 2.24) is 9.88 Å². The number of pyridine rings is 1. The van der Waals surface area contributed by atoms with E-state index in [-0.39, 0.29) is 6.61 Å². The molecule has 0 bridgehead atoms. The Kier molecular flexibility index (Phi) is 6.41. The van der Waals surface area contributed by atoms with Gasteiger partial charge in [0.25, 0.3) is 0 Å². The smallest absolute Gasteiger partial charge is 0.417 e. The highest BCUT2D eigenvalue weighted by Crippen LogP contribution is 2.29. The lowest BCUT2D eigenvalue weighted by Gasteiger charge is -2.36. The number of aromatic nitrogens is 1. The Morgan fingerprint density at radius 2 is 1.82 bits per heavy atom. The molecule has 1 N–H and O–H groups in total. The highest BCUT2D eigenvalue weighted by atomic mass is 19.4. The van der Waals surface area contributed by atoms with Crippen molar-refractivity contribution in [3.8, 4) is 5.75 Å². The third-order valence-electron chi connectivity index (χ3n) is 4.77. The van der Waals surface area contributed by atoms with Crippen LogP contribution in [0.1, 0.15) is 11.1 Å². The summed E-state index contributed by atoms with van der Waals surface area (Å²) in [6, 6.07) is 10.1. The summed E-state index contributed by atoms with van der Waals surface area (Å²) in [4.78, 5) is 8.01. The third kappa shape index (κ3) is 5.36. The second kappa shape index (κ2) is 8.79. The monoisotopic (exact) mass is 395 g/mol. The molecule has 1 saturated heterocycles. The fourth-order valence-electron chi connectivity index (χ4n) is 3.16. The SMILES string of the molecule is Cc1ccccc1OCC(O)CN1CCN(c2ccc(C(F)(F)F)cn2)CC1. The van der Waals surface area contributed by atoms with E-state index in [2.05, 4.69) is 9.88 Å². The van der Waals surface area contributed by atoms with E-state index in [0.29, 0.717) is 38.5 Å². The van der Waals surface area contributed by atoms with Crippen LogP contribution in [0.25, 0.3) is 0 Å². The van der Waals surface area contributed by atoms with Crippen molar-refractivity contribution in [1.29, 1.82) is 0 Å². The number of benzene rings is 1. The van der Waals surface area contributed by atoms with Crippen molar-refractivity contribution in [3.05, 3.63) is 53.7 Å². The van der Waals surface area contributed by atoms with E-state index in [9.17, 15) is 18.3 Å². The molecule has 0 saturated carbocycles. The minimum Gasteiger partial charge on any atom is -0.491 e. The topological polar surface area (TPSA) is 48.8 Å². The number of halogens is 3. The van der Waals surface area contributed by atoms with Crippen molar-refractivity contribution in [2.24, 2.45) is 0 Å². The van der Waals surface area contributed by atoms with Gasteiger partial charge >= 0.3 is 6.18 Å². The van der Waals surface area contributed by atoms with Crippen LogP contribution in [0, 0.1) is 6.92 Å². The van der Waals surface area contributed by atoms with Crippen LogP contribution in [0.2, 0.25) is 0 Å². The summed E-state index contributed by atoms with van der Waals surface area (Å²) in [5, 5.41) is 10.2. The Morgan fingerprint density at radius 3 is 2.43 bits per heavy atom. The molecule has 0 aliphatic carbocycles. The van der Waals surface area contributed by atoms with Gasteiger partial charge in [0.15, 0.2) is 0 Å². The van der Waals surface area contributed by atoms with Crippen LogP contribution < -0.4 is 9.64 Å². The molecule has 0 amide bonds. The largest absolute Gasteiger partial charge is 0.491 e. The van der Waals surface area contributed by atoms with Crippen LogP contribution in [0.5, 0.6) is 5.75 Å². The summed E-state index contributed by atoms with van der Waals surface area (Å²) in [6.07, 6.45) is -4.12. The van der Waals surface area contributed by atoms with Crippen LogP contribution in [0.3, 0.4) is 0 Å². The number of aliphatic hydroxyl groups excluding tert-OH is 1. The normalized spacial score (nSPS) is 16.8. The number of nitrogens with zero attached hydrogens (tertiary/aromatic N) is 3. The lowest BCUT2D eigenvalue weighted by atomic mass is 10.2. The quantitative estimate of drug-likeness (QED) is 0.815. The van der Waals surface area contributed by atoms with Gasteiger partial charge in [0.05, 0.1) is 5.56 Å². The summed E-state index contributed by atoms with van der Waals surface area (Å²) >= 11 is 0. The van der Waals surface area contributed by atoms with Gasteiger partial charge in [-0.25, -0.2) is 4.98 Å². The third-order valence-corrected chi connectivity index (χ3v) is 4.77. The maximum absolute atomic E-state index is 12.6. The summed E-state index contributed by atoms with van der Waals surface area (Å²) < 4.78 is 43.6. The van der Waals surface area contributed by atoms with Crippen LogP contribution >= 0.6 is 0 Å².